The molecule has 1 aliphatic heterocycles. The Bertz CT molecular complexity index is 455. The predicted octanol–water partition coefficient (Wildman–Crippen LogP) is 2.39. The van der Waals surface area contributed by atoms with Gasteiger partial charge in [-0.2, -0.15) is 0 Å². The first kappa shape index (κ1) is 14.9. The van der Waals surface area contributed by atoms with E-state index in [-0.39, 0.29) is 11.7 Å². The second-order valence-electron chi connectivity index (χ2n) is 4.65. The number of piperazine rings is 1. The number of carbonyl (C=O) groups is 1. The highest BCUT2D eigenvalue weighted by molar-refractivity contribution is 8.00. The third-order valence-corrected chi connectivity index (χ3v) is 4.21. The Morgan fingerprint density at radius 2 is 1.90 bits per heavy atom. The van der Waals surface area contributed by atoms with Gasteiger partial charge < -0.3 is 9.80 Å². The molecule has 1 heterocycles. The van der Waals surface area contributed by atoms with E-state index < -0.39 is 0 Å². The molecule has 0 radical (unpaired) electrons. The summed E-state index contributed by atoms with van der Waals surface area (Å²) in [7, 11) is 0. The lowest BCUT2D eigenvalue weighted by molar-refractivity contribution is -0.128. The number of rotatable bonds is 5. The Labute approximate surface area is 123 Å². The molecule has 20 heavy (non-hydrogen) atoms. The van der Waals surface area contributed by atoms with Crippen molar-refractivity contribution >= 4 is 23.4 Å². The predicted molar refractivity (Wildman–Crippen MR) is 82.7 cm³/mol. The molecule has 0 unspecified atom stereocenters. The van der Waals surface area contributed by atoms with Gasteiger partial charge in [0.1, 0.15) is 5.82 Å². The van der Waals surface area contributed by atoms with Crippen molar-refractivity contribution in [2.24, 2.45) is 0 Å². The summed E-state index contributed by atoms with van der Waals surface area (Å²) in [4.78, 5) is 16.0. The van der Waals surface area contributed by atoms with E-state index in [1.807, 2.05) is 11.0 Å². The Balaban J connectivity index is 1.81. The zero-order valence-corrected chi connectivity index (χ0v) is 12.2. The minimum atomic E-state index is -0.221. The molecule has 0 atom stereocenters. The fourth-order valence-electron chi connectivity index (χ4n) is 2.19. The second-order valence-corrected chi connectivity index (χ2v) is 5.68. The second kappa shape index (κ2) is 7.33. The minimum Gasteiger partial charge on any atom is -0.368 e. The van der Waals surface area contributed by atoms with Crippen LogP contribution in [0.2, 0.25) is 0 Å². The first-order valence-electron chi connectivity index (χ1n) is 6.67. The zero-order valence-electron chi connectivity index (χ0n) is 11.4. The highest BCUT2D eigenvalue weighted by atomic mass is 32.2. The summed E-state index contributed by atoms with van der Waals surface area (Å²) in [6, 6.07) is 6.51. The van der Waals surface area contributed by atoms with E-state index in [1.54, 1.807) is 23.9 Å². The van der Waals surface area contributed by atoms with Gasteiger partial charge in [-0.05, 0) is 24.3 Å². The standard InChI is InChI=1S/C15H19FN2OS/c1-2-11-20-12-15(19)18-9-7-17(8-10-18)14-5-3-13(16)4-6-14/h2-6H,1,7-12H2. The molecule has 0 spiro atoms. The Hall–Kier alpha value is -1.49. The van der Waals surface area contributed by atoms with Gasteiger partial charge in [0.05, 0.1) is 5.75 Å². The molecule has 3 nitrogen and oxygen atoms in total. The van der Waals surface area contributed by atoms with E-state index in [4.69, 9.17) is 0 Å². The molecule has 0 saturated carbocycles. The summed E-state index contributed by atoms with van der Waals surface area (Å²) in [5.41, 5.74) is 1.01. The van der Waals surface area contributed by atoms with Crippen LogP contribution in [0, 0.1) is 5.82 Å². The fraction of sp³-hybridized carbons (Fsp3) is 0.400. The van der Waals surface area contributed by atoms with Crippen molar-refractivity contribution in [2.45, 2.75) is 0 Å². The third kappa shape index (κ3) is 4.00. The number of carbonyl (C=O) groups excluding carboxylic acids is 1. The molecule has 2 rings (SSSR count). The van der Waals surface area contributed by atoms with E-state index in [0.717, 1.165) is 37.6 Å². The van der Waals surface area contributed by atoms with E-state index in [1.165, 1.54) is 12.1 Å². The van der Waals surface area contributed by atoms with E-state index in [9.17, 15) is 9.18 Å². The number of thioether (sulfide) groups is 1. The number of amides is 1. The molecule has 5 heteroatoms. The van der Waals surface area contributed by atoms with Crippen LogP contribution >= 0.6 is 11.8 Å². The SMILES string of the molecule is C=CCSCC(=O)N1CCN(c2ccc(F)cc2)CC1. The lowest BCUT2D eigenvalue weighted by Gasteiger charge is -2.36. The number of hydrogen-bond donors (Lipinski definition) is 0. The van der Waals surface area contributed by atoms with Crippen LogP contribution in [-0.4, -0.2) is 48.5 Å². The number of halogens is 1. The van der Waals surface area contributed by atoms with Gasteiger partial charge in [-0.25, -0.2) is 4.39 Å². The maximum atomic E-state index is 12.9. The Morgan fingerprint density at radius 1 is 1.25 bits per heavy atom. The fourth-order valence-corrected chi connectivity index (χ4v) is 2.83. The topological polar surface area (TPSA) is 23.6 Å². The normalized spacial score (nSPS) is 15.2. The van der Waals surface area contributed by atoms with Crippen LogP contribution in [0.25, 0.3) is 0 Å². The average molecular weight is 294 g/mol. The van der Waals surface area contributed by atoms with Crippen molar-refractivity contribution in [3.63, 3.8) is 0 Å². The van der Waals surface area contributed by atoms with Crippen molar-refractivity contribution in [1.29, 1.82) is 0 Å². The molecule has 1 saturated heterocycles. The van der Waals surface area contributed by atoms with E-state index in [0.29, 0.717) is 5.75 Å². The molecule has 1 aliphatic rings. The van der Waals surface area contributed by atoms with Crippen molar-refractivity contribution in [2.75, 3.05) is 42.6 Å². The Morgan fingerprint density at radius 3 is 2.50 bits per heavy atom. The molecule has 1 aromatic rings. The molecule has 1 fully saturated rings. The van der Waals surface area contributed by atoms with Crippen LogP contribution in [0.4, 0.5) is 10.1 Å². The first-order valence-corrected chi connectivity index (χ1v) is 7.83. The zero-order chi connectivity index (χ0) is 14.4. The summed E-state index contributed by atoms with van der Waals surface area (Å²) >= 11 is 1.59. The highest BCUT2D eigenvalue weighted by Crippen LogP contribution is 2.17. The van der Waals surface area contributed by atoms with Crippen LogP contribution < -0.4 is 4.90 Å². The van der Waals surface area contributed by atoms with Gasteiger partial charge >= 0.3 is 0 Å². The Kier molecular flexibility index (Phi) is 5.47. The summed E-state index contributed by atoms with van der Waals surface area (Å²) in [5.74, 6) is 1.29. The quantitative estimate of drug-likeness (QED) is 0.615. The smallest absolute Gasteiger partial charge is 0.232 e. The molecule has 0 aromatic heterocycles. The summed E-state index contributed by atoms with van der Waals surface area (Å²) in [5, 5.41) is 0. The van der Waals surface area contributed by atoms with E-state index >= 15 is 0 Å². The monoisotopic (exact) mass is 294 g/mol. The van der Waals surface area contributed by atoms with Gasteiger partial charge in [0.15, 0.2) is 0 Å². The van der Waals surface area contributed by atoms with Gasteiger partial charge in [0, 0.05) is 37.6 Å². The molecule has 0 bridgehead atoms. The number of hydrogen-bond acceptors (Lipinski definition) is 3. The van der Waals surface area contributed by atoms with Crippen molar-refractivity contribution < 1.29 is 9.18 Å². The molecule has 108 valence electrons. The summed E-state index contributed by atoms with van der Waals surface area (Å²) in [6.07, 6.45) is 1.81. The van der Waals surface area contributed by atoms with Crippen molar-refractivity contribution in [3.05, 3.63) is 42.7 Å². The van der Waals surface area contributed by atoms with Gasteiger partial charge in [-0.15, -0.1) is 18.3 Å². The van der Waals surface area contributed by atoms with Crippen LogP contribution in [0.15, 0.2) is 36.9 Å². The molecule has 1 amide bonds. The lowest BCUT2D eigenvalue weighted by Crippen LogP contribution is -2.49. The third-order valence-electron chi connectivity index (χ3n) is 3.29. The van der Waals surface area contributed by atoms with Crippen LogP contribution in [0.5, 0.6) is 0 Å². The van der Waals surface area contributed by atoms with Gasteiger partial charge in [-0.1, -0.05) is 6.08 Å². The lowest BCUT2D eigenvalue weighted by atomic mass is 10.2. The van der Waals surface area contributed by atoms with Crippen molar-refractivity contribution in [3.8, 4) is 0 Å². The van der Waals surface area contributed by atoms with E-state index in [2.05, 4.69) is 11.5 Å². The molecule has 1 aromatic carbocycles. The molecular weight excluding hydrogens is 275 g/mol. The first-order chi connectivity index (χ1) is 9.70. The maximum Gasteiger partial charge on any atom is 0.232 e. The largest absolute Gasteiger partial charge is 0.368 e. The van der Waals surface area contributed by atoms with Crippen LogP contribution in [0.1, 0.15) is 0 Å². The average Bonchev–Trinajstić information content (AvgIpc) is 2.48. The van der Waals surface area contributed by atoms with Gasteiger partial charge in [0.25, 0.3) is 0 Å². The summed E-state index contributed by atoms with van der Waals surface area (Å²) < 4.78 is 12.9. The molecule has 0 N–H and O–H groups in total. The number of anilines is 1. The number of benzene rings is 1. The minimum absolute atomic E-state index is 0.190. The van der Waals surface area contributed by atoms with Crippen molar-refractivity contribution in [1.82, 2.24) is 4.90 Å². The van der Waals surface area contributed by atoms with Crippen LogP contribution in [0.3, 0.4) is 0 Å². The molecule has 0 aliphatic carbocycles. The maximum absolute atomic E-state index is 12.9. The van der Waals surface area contributed by atoms with Crippen LogP contribution in [-0.2, 0) is 4.79 Å². The van der Waals surface area contributed by atoms with Gasteiger partial charge in [-0.3, -0.25) is 4.79 Å². The molecular formula is C15H19FN2OS. The summed E-state index contributed by atoms with van der Waals surface area (Å²) in [6.45, 7) is 6.68. The number of nitrogens with zero attached hydrogens (tertiary/aromatic N) is 2. The highest BCUT2D eigenvalue weighted by Gasteiger charge is 2.20. The van der Waals surface area contributed by atoms with Gasteiger partial charge in [0.2, 0.25) is 5.91 Å².